The van der Waals surface area contributed by atoms with E-state index in [2.05, 4.69) is 56.9 Å². The monoisotopic (exact) mass is 286 g/mol. The van der Waals surface area contributed by atoms with Gasteiger partial charge in [0.1, 0.15) is 0 Å². The fourth-order valence-electron chi connectivity index (χ4n) is 2.03. The van der Waals surface area contributed by atoms with Crippen LogP contribution in [0.4, 0.5) is 23.5 Å². The zero-order valence-corrected chi connectivity index (χ0v) is 13.0. The van der Waals surface area contributed by atoms with Crippen LogP contribution in [0, 0.1) is 13.8 Å². The molecule has 1 aromatic heterocycles. The Morgan fingerprint density at radius 3 is 1.76 bits per heavy atom. The van der Waals surface area contributed by atoms with Crippen molar-refractivity contribution in [1.82, 2.24) is 15.0 Å². The molecular weight excluding hydrogens is 264 g/mol. The van der Waals surface area contributed by atoms with Crippen LogP contribution in [0.15, 0.2) is 18.2 Å². The van der Waals surface area contributed by atoms with E-state index >= 15 is 0 Å². The highest BCUT2D eigenvalue weighted by Gasteiger charge is 2.08. The van der Waals surface area contributed by atoms with Crippen LogP contribution < -0.4 is 16.0 Å². The molecule has 112 valence electrons. The number of aryl methyl sites for hydroxylation is 2. The number of rotatable bonds is 6. The third-order valence-electron chi connectivity index (χ3n) is 3.02. The number of hydrogen-bond acceptors (Lipinski definition) is 6. The second-order valence-corrected chi connectivity index (χ2v) is 4.76. The molecule has 6 nitrogen and oxygen atoms in total. The molecule has 0 saturated heterocycles. The maximum atomic E-state index is 4.40. The minimum Gasteiger partial charge on any atom is -0.354 e. The van der Waals surface area contributed by atoms with Crippen LogP contribution in [0.25, 0.3) is 0 Å². The average Bonchev–Trinajstić information content (AvgIpc) is 2.44. The molecule has 0 aliphatic carbocycles. The molecule has 2 rings (SSSR count). The van der Waals surface area contributed by atoms with Gasteiger partial charge >= 0.3 is 0 Å². The molecule has 0 radical (unpaired) electrons. The molecule has 0 aliphatic heterocycles. The highest BCUT2D eigenvalue weighted by atomic mass is 15.3. The molecule has 0 aliphatic rings. The summed E-state index contributed by atoms with van der Waals surface area (Å²) in [4.78, 5) is 13.1. The molecule has 0 atom stereocenters. The standard InChI is InChI=1S/C15H22N6/c1-5-16-13-19-14(17-6-2)21-15(20-13)18-12-10(3)8-7-9-11(12)4/h7-9H,5-6H2,1-4H3,(H3,16,17,18,19,20,21). The first-order valence-electron chi connectivity index (χ1n) is 7.21. The summed E-state index contributed by atoms with van der Waals surface area (Å²) in [6.45, 7) is 9.67. The van der Waals surface area contributed by atoms with Crippen LogP contribution in [0.1, 0.15) is 25.0 Å². The normalized spacial score (nSPS) is 10.3. The second kappa shape index (κ2) is 6.88. The Morgan fingerprint density at radius 1 is 0.810 bits per heavy atom. The summed E-state index contributed by atoms with van der Waals surface area (Å²) in [5.74, 6) is 1.67. The van der Waals surface area contributed by atoms with E-state index in [9.17, 15) is 0 Å². The molecule has 2 aromatic rings. The number of anilines is 4. The number of nitrogens with zero attached hydrogens (tertiary/aromatic N) is 3. The Hall–Kier alpha value is -2.37. The quantitative estimate of drug-likeness (QED) is 0.757. The molecule has 0 amide bonds. The maximum absolute atomic E-state index is 4.40. The van der Waals surface area contributed by atoms with Gasteiger partial charge in [0.25, 0.3) is 0 Å². The Bertz CT molecular complexity index is 567. The number of benzene rings is 1. The fraction of sp³-hybridized carbons (Fsp3) is 0.400. The van der Waals surface area contributed by atoms with E-state index in [0.717, 1.165) is 29.9 Å². The van der Waals surface area contributed by atoms with Gasteiger partial charge in [-0.1, -0.05) is 18.2 Å². The Balaban J connectivity index is 2.34. The van der Waals surface area contributed by atoms with Crippen LogP contribution in [0.5, 0.6) is 0 Å². The van der Waals surface area contributed by atoms with Gasteiger partial charge in [0.15, 0.2) is 0 Å². The molecule has 1 heterocycles. The summed E-state index contributed by atoms with van der Waals surface area (Å²) >= 11 is 0. The van der Waals surface area contributed by atoms with Crippen LogP contribution in [0.2, 0.25) is 0 Å². The minimum absolute atomic E-state index is 0.536. The zero-order valence-electron chi connectivity index (χ0n) is 13.0. The maximum Gasteiger partial charge on any atom is 0.233 e. The van der Waals surface area contributed by atoms with Crippen molar-refractivity contribution in [3.8, 4) is 0 Å². The fourth-order valence-corrected chi connectivity index (χ4v) is 2.03. The highest BCUT2D eigenvalue weighted by molar-refractivity contribution is 5.63. The van der Waals surface area contributed by atoms with Gasteiger partial charge < -0.3 is 16.0 Å². The molecule has 6 heteroatoms. The van der Waals surface area contributed by atoms with Gasteiger partial charge in [-0.25, -0.2) is 0 Å². The molecule has 0 fully saturated rings. The topological polar surface area (TPSA) is 74.8 Å². The predicted octanol–water partition coefficient (Wildman–Crippen LogP) is 3.10. The van der Waals surface area contributed by atoms with Gasteiger partial charge in [0.05, 0.1) is 0 Å². The van der Waals surface area contributed by atoms with Crippen molar-refractivity contribution in [2.75, 3.05) is 29.0 Å². The van der Waals surface area contributed by atoms with Gasteiger partial charge in [-0.2, -0.15) is 15.0 Å². The van der Waals surface area contributed by atoms with Crippen LogP contribution in [0.3, 0.4) is 0 Å². The van der Waals surface area contributed by atoms with Crippen molar-refractivity contribution in [3.63, 3.8) is 0 Å². The summed E-state index contributed by atoms with van der Waals surface area (Å²) in [6.07, 6.45) is 0. The van der Waals surface area contributed by atoms with Crippen molar-refractivity contribution in [2.45, 2.75) is 27.7 Å². The predicted molar refractivity (Wildman–Crippen MR) is 87.4 cm³/mol. The molecule has 0 bridgehead atoms. The Kier molecular flexibility index (Phi) is 4.92. The molecule has 1 aromatic carbocycles. The van der Waals surface area contributed by atoms with Crippen molar-refractivity contribution in [3.05, 3.63) is 29.3 Å². The lowest BCUT2D eigenvalue weighted by Gasteiger charge is -2.13. The molecule has 0 unspecified atom stereocenters. The Morgan fingerprint density at radius 2 is 1.29 bits per heavy atom. The van der Waals surface area contributed by atoms with Gasteiger partial charge in [0, 0.05) is 18.8 Å². The first kappa shape index (κ1) is 15.0. The first-order valence-corrected chi connectivity index (χ1v) is 7.21. The highest BCUT2D eigenvalue weighted by Crippen LogP contribution is 2.23. The van der Waals surface area contributed by atoms with Crippen LogP contribution >= 0.6 is 0 Å². The smallest absolute Gasteiger partial charge is 0.233 e. The lowest BCUT2D eigenvalue weighted by atomic mass is 10.1. The molecule has 3 N–H and O–H groups in total. The Labute approximate surface area is 125 Å². The summed E-state index contributed by atoms with van der Waals surface area (Å²) in [6, 6.07) is 6.16. The van der Waals surface area contributed by atoms with Crippen LogP contribution in [-0.2, 0) is 0 Å². The van der Waals surface area contributed by atoms with E-state index in [0.29, 0.717) is 17.8 Å². The molecule has 21 heavy (non-hydrogen) atoms. The summed E-state index contributed by atoms with van der Waals surface area (Å²) in [5, 5.41) is 9.53. The van der Waals surface area contributed by atoms with Gasteiger partial charge in [-0.05, 0) is 38.8 Å². The SMILES string of the molecule is CCNc1nc(NCC)nc(Nc2c(C)cccc2C)n1. The third kappa shape index (κ3) is 3.81. The third-order valence-corrected chi connectivity index (χ3v) is 3.02. The number of para-hydroxylation sites is 1. The van der Waals surface area contributed by atoms with Crippen molar-refractivity contribution in [1.29, 1.82) is 0 Å². The van der Waals surface area contributed by atoms with E-state index in [1.54, 1.807) is 0 Å². The van der Waals surface area contributed by atoms with E-state index in [4.69, 9.17) is 0 Å². The second-order valence-electron chi connectivity index (χ2n) is 4.76. The van der Waals surface area contributed by atoms with Crippen molar-refractivity contribution >= 4 is 23.5 Å². The average molecular weight is 286 g/mol. The van der Waals surface area contributed by atoms with Crippen molar-refractivity contribution in [2.24, 2.45) is 0 Å². The van der Waals surface area contributed by atoms with Crippen LogP contribution in [-0.4, -0.2) is 28.0 Å². The van der Waals surface area contributed by atoms with Crippen molar-refractivity contribution < 1.29 is 0 Å². The molecule has 0 spiro atoms. The molecule has 0 saturated carbocycles. The largest absolute Gasteiger partial charge is 0.354 e. The zero-order chi connectivity index (χ0) is 15.2. The van der Waals surface area contributed by atoms with E-state index in [1.165, 1.54) is 0 Å². The molecular formula is C15H22N6. The number of nitrogens with one attached hydrogen (secondary N) is 3. The lowest BCUT2D eigenvalue weighted by Crippen LogP contribution is -2.11. The summed E-state index contributed by atoms with van der Waals surface area (Å²) in [5.41, 5.74) is 3.35. The number of hydrogen-bond donors (Lipinski definition) is 3. The number of aromatic nitrogens is 3. The van der Waals surface area contributed by atoms with E-state index in [-0.39, 0.29) is 0 Å². The van der Waals surface area contributed by atoms with E-state index in [1.807, 2.05) is 19.9 Å². The van der Waals surface area contributed by atoms with Gasteiger partial charge in [-0.15, -0.1) is 0 Å². The van der Waals surface area contributed by atoms with E-state index < -0.39 is 0 Å². The summed E-state index contributed by atoms with van der Waals surface area (Å²) in [7, 11) is 0. The van der Waals surface area contributed by atoms with Gasteiger partial charge in [0.2, 0.25) is 17.8 Å². The first-order chi connectivity index (χ1) is 10.1. The minimum atomic E-state index is 0.536. The van der Waals surface area contributed by atoms with Gasteiger partial charge in [-0.3, -0.25) is 0 Å². The lowest BCUT2D eigenvalue weighted by molar-refractivity contribution is 1.00. The summed E-state index contributed by atoms with van der Waals surface area (Å²) < 4.78 is 0.